The van der Waals surface area contributed by atoms with E-state index in [4.69, 9.17) is 23.2 Å². The third-order valence-corrected chi connectivity index (χ3v) is 5.54. The first kappa shape index (κ1) is 21.1. The molecule has 152 valence electrons. The molecule has 1 heterocycles. The number of carbonyl (C=O) groups is 3. The molecule has 1 saturated heterocycles. The zero-order valence-corrected chi connectivity index (χ0v) is 17.2. The second-order valence-electron chi connectivity index (χ2n) is 6.94. The first-order chi connectivity index (χ1) is 13.6. The zero-order valence-electron chi connectivity index (χ0n) is 15.7. The standard InChI is InChI=1S/C20H18Cl2FN3O3/c1-11-3-4-12(7-16(11)23)9-24-17(27)10-26-18(28)20(2,25-19(26)29)13-5-6-14(21)15(22)8-13/h3-8H,9-10H2,1-2H3,(H,24,27)(H,25,29). The second-order valence-corrected chi connectivity index (χ2v) is 7.75. The molecule has 3 rings (SSSR count). The lowest BCUT2D eigenvalue weighted by Crippen LogP contribution is -2.43. The van der Waals surface area contributed by atoms with Gasteiger partial charge >= 0.3 is 6.03 Å². The van der Waals surface area contributed by atoms with Gasteiger partial charge in [-0.1, -0.05) is 41.4 Å². The summed E-state index contributed by atoms with van der Waals surface area (Å²) in [5, 5.41) is 5.73. The Morgan fingerprint density at radius 3 is 2.55 bits per heavy atom. The van der Waals surface area contributed by atoms with Gasteiger partial charge in [-0.2, -0.15) is 0 Å². The number of halogens is 3. The van der Waals surface area contributed by atoms with Crippen molar-refractivity contribution in [1.82, 2.24) is 15.5 Å². The minimum Gasteiger partial charge on any atom is -0.350 e. The first-order valence-corrected chi connectivity index (χ1v) is 9.49. The summed E-state index contributed by atoms with van der Waals surface area (Å²) in [7, 11) is 0. The van der Waals surface area contributed by atoms with Crippen LogP contribution in [0.4, 0.5) is 9.18 Å². The fourth-order valence-corrected chi connectivity index (χ4v) is 3.29. The second kappa shape index (κ2) is 8.00. The lowest BCUT2D eigenvalue weighted by atomic mass is 9.92. The van der Waals surface area contributed by atoms with Crippen molar-refractivity contribution in [3.63, 3.8) is 0 Å². The molecule has 1 unspecified atom stereocenters. The molecule has 0 bridgehead atoms. The molecule has 1 atom stereocenters. The molecule has 0 spiro atoms. The molecular weight excluding hydrogens is 420 g/mol. The number of rotatable bonds is 5. The number of hydrogen-bond acceptors (Lipinski definition) is 3. The molecule has 0 aliphatic carbocycles. The molecule has 0 saturated carbocycles. The van der Waals surface area contributed by atoms with Crippen LogP contribution in [-0.4, -0.2) is 29.3 Å². The van der Waals surface area contributed by atoms with Gasteiger partial charge in [0.25, 0.3) is 5.91 Å². The molecule has 1 fully saturated rings. The Morgan fingerprint density at radius 1 is 1.17 bits per heavy atom. The van der Waals surface area contributed by atoms with E-state index in [1.54, 1.807) is 25.1 Å². The number of nitrogens with one attached hydrogen (secondary N) is 2. The van der Waals surface area contributed by atoms with Gasteiger partial charge in [-0.25, -0.2) is 9.18 Å². The maximum Gasteiger partial charge on any atom is 0.325 e. The fraction of sp³-hybridized carbons (Fsp3) is 0.250. The molecule has 0 aromatic heterocycles. The molecule has 1 aliphatic heterocycles. The summed E-state index contributed by atoms with van der Waals surface area (Å²) in [6.07, 6.45) is 0. The monoisotopic (exact) mass is 437 g/mol. The van der Waals surface area contributed by atoms with E-state index >= 15 is 0 Å². The van der Waals surface area contributed by atoms with Crippen molar-refractivity contribution in [3.8, 4) is 0 Å². The van der Waals surface area contributed by atoms with Crippen molar-refractivity contribution in [2.45, 2.75) is 25.9 Å². The lowest BCUT2D eigenvalue weighted by molar-refractivity contribution is -0.134. The highest BCUT2D eigenvalue weighted by atomic mass is 35.5. The van der Waals surface area contributed by atoms with Crippen LogP contribution in [0.15, 0.2) is 36.4 Å². The Labute approximate surface area is 177 Å². The number of hydrogen-bond donors (Lipinski definition) is 2. The molecule has 29 heavy (non-hydrogen) atoms. The van der Waals surface area contributed by atoms with E-state index < -0.39 is 29.9 Å². The third kappa shape index (κ3) is 4.21. The van der Waals surface area contributed by atoms with E-state index in [0.717, 1.165) is 4.90 Å². The minimum absolute atomic E-state index is 0.0732. The van der Waals surface area contributed by atoms with Crippen LogP contribution in [0, 0.1) is 12.7 Å². The van der Waals surface area contributed by atoms with E-state index in [0.29, 0.717) is 21.7 Å². The molecule has 4 amide bonds. The number of carbonyl (C=O) groups excluding carboxylic acids is 3. The number of benzene rings is 2. The Bertz CT molecular complexity index is 1010. The van der Waals surface area contributed by atoms with Crippen LogP contribution in [0.2, 0.25) is 10.0 Å². The molecule has 9 heteroatoms. The predicted molar refractivity (Wildman–Crippen MR) is 107 cm³/mol. The van der Waals surface area contributed by atoms with Gasteiger partial charge in [0.1, 0.15) is 17.9 Å². The number of amides is 4. The van der Waals surface area contributed by atoms with E-state index in [2.05, 4.69) is 10.6 Å². The van der Waals surface area contributed by atoms with Gasteiger partial charge in [0.15, 0.2) is 0 Å². The van der Waals surface area contributed by atoms with Gasteiger partial charge in [0, 0.05) is 6.54 Å². The summed E-state index contributed by atoms with van der Waals surface area (Å²) >= 11 is 11.9. The van der Waals surface area contributed by atoms with Gasteiger partial charge in [0.05, 0.1) is 10.0 Å². The van der Waals surface area contributed by atoms with Crippen molar-refractivity contribution < 1.29 is 18.8 Å². The fourth-order valence-electron chi connectivity index (χ4n) is 2.99. The minimum atomic E-state index is -1.37. The van der Waals surface area contributed by atoms with Crippen LogP contribution in [0.25, 0.3) is 0 Å². The summed E-state index contributed by atoms with van der Waals surface area (Å²) in [5.74, 6) is -1.51. The number of urea groups is 1. The van der Waals surface area contributed by atoms with Gasteiger partial charge in [-0.05, 0) is 48.7 Å². The smallest absolute Gasteiger partial charge is 0.325 e. The van der Waals surface area contributed by atoms with Gasteiger partial charge < -0.3 is 10.6 Å². The van der Waals surface area contributed by atoms with Crippen molar-refractivity contribution in [2.24, 2.45) is 0 Å². The van der Waals surface area contributed by atoms with Crippen LogP contribution in [0.5, 0.6) is 0 Å². The van der Waals surface area contributed by atoms with Crippen molar-refractivity contribution >= 4 is 41.0 Å². The largest absolute Gasteiger partial charge is 0.350 e. The van der Waals surface area contributed by atoms with Crippen LogP contribution in [-0.2, 0) is 21.7 Å². The quantitative estimate of drug-likeness (QED) is 0.702. The highest BCUT2D eigenvalue weighted by molar-refractivity contribution is 6.42. The average Bonchev–Trinajstić information content (AvgIpc) is 2.89. The average molecular weight is 438 g/mol. The Kier molecular flexibility index (Phi) is 5.82. The number of aryl methyl sites for hydroxylation is 1. The SMILES string of the molecule is Cc1ccc(CNC(=O)CN2C(=O)NC(C)(c3ccc(Cl)c(Cl)c3)C2=O)cc1F. The van der Waals surface area contributed by atoms with E-state index in [9.17, 15) is 18.8 Å². The number of nitrogens with zero attached hydrogens (tertiary/aromatic N) is 1. The molecule has 0 radical (unpaired) electrons. The predicted octanol–water partition coefficient (Wildman–Crippen LogP) is 3.52. The molecular formula is C20H18Cl2FN3O3. The summed E-state index contributed by atoms with van der Waals surface area (Å²) in [6.45, 7) is 2.78. The summed E-state index contributed by atoms with van der Waals surface area (Å²) < 4.78 is 13.6. The maximum atomic E-state index is 13.6. The zero-order chi connectivity index (χ0) is 21.3. The summed E-state index contributed by atoms with van der Waals surface area (Å²) in [6, 6.07) is 8.54. The highest BCUT2D eigenvalue weighted by Crippen LogP contribution is 2.32. The van der Waals surface area contributed by atoms with Crippen molar-refractivity contribution in [2.75, 3.05) is 6.54 Å². The van der Waals surface area contributed by atoms with E-state index in [1.807, 2.05) is 0 Å². The molecule has 2 aromatic carbocycles. The van der Waals surface area contributed by atoms with Gasteiger partial charge in [0.2, 0.25) is 5.91 Å². The van der Waals surface area contributed by atoms with E-state index in [-0.39, 0.29) is 17.4 Å². The summed E-state index contributed by atoms with van der Waals surface area (Å²) in [4.78, 5) is 38.3. The van der Waals surface area contributed by atoms with Crippen LogP contribution in [0.3, 0.4) is 0 Å². The maximum absolute atomic E-state index is 13.6. The molecule has 2 aromatic rings. The van der Waals surface area contributed by atoms with Crippen LogP contribution >= 0.6 is 23.2 Å². The molecule has 1 aliphatic rings. The van der Waals surface area contributed by atoms with Gasteiger partial charge in [-0.15, -0.1) is 0 Å². The third-order valence-electron chi connectivity index (χ3n) is 4.80. The summed E-state index contributed by atoms with van der Waals surface area (Å²) in [5.41, 5.74) is 0.148. The first-order valence-electron chi connectivity index (χ1n) is 8.73. The molecule has 6 nitrogen and oxygen atoms in total. The Morgan fingerprint density at radius 2 is 1.90 bits per heavy atom. The van der Waals surface area contributed by atoms with E-state index in [1.165, 1.54) is 25.1 Å². The van der Waals surface area contributed by atoms with Crippen LogP contribution < -0.4 is 10.6 Å². The highest BCUT2D eigenvalue weighted by Gasteiger charge is 2.49. The molecule has 2 N–H and O–H groups in total. The van der Waals surface area contributed by atoms with Crippen LogP contribution in [0.1, 0.15) is 23.6 Å². The normalized spacial score (nSPS) is 18.7. The lowest BCUT2D eigenvalue weighted by Gasteiger charge is -2.22. The van der Waals surface area contributed by atoms with Crippen molar-refractivity contribution in [3.05, 3.63) is 69.0 Å². The topological polar surface area (TPSA) is 78.5 Å². The number of imide groups is 1. The Hall–Kier alpha value is -2.64. The van der Waals surface area contributed by atoms with Gasteiger partial charge in [-0.3, -0.25) is 14.5 Å². The Balaban J connectivity index is 1.68. The van der Waals surface area contributed by atoms with Crippen molar-refractivity contribution in [1.29, 1.82) is 0 Å².